The molecule has 0 radical (unpaired) electrons. The summed E-state index contributed by atoms with van der Waals surface area (Å²) in [5, 5.41) is 13.7. The van der Waals surface area contributed by atoms with E-state index in [2.05, 4.69) is 54.4 Å². The van der Waals surface area contributed by atoms with E-state index in [1.807, 2.05) is 0 Å². The second-order valence-electron chi connectivity index (χ2n) is 6.26. The van der Waals surface area contributed by atoms with E-state index in [4.69, 9.17) is 0 Å². The lowest BCUT2D eigenvalue weighted by atomic mass is 9.96. The van der Waals surface area contributed by atoms with Crippen LogP contribution in [0, 0.1) is 5.92 Å². The predicted octanol–water partition coefficient (Wildman–Crippen LogP) is 2.65. The summed E-state index contributed by atoms with van der Waals surface area (Å²) in [5.74, 6) is 0.430. The normalized spacial score (nSPS) is 21.0. The van der Waals surface area contributed by atoms with Crippen molar-refractivity contribution < 1.29 is 5.11 Å². The lowest BCUT2D eigenvalue weighted by Crippen LogP contribution is -2.40. The van der Waals surface area contributed by atoms with Crippen LogP contribution in [0.4, 0.5) is 0 Å². The summed E-state index contributed by atoms with van der Waals surface area (Å²) in [6, 6.07) is 11.2. The van der Waals surface area contributed by atoms with Gasteiger partial charge in [0, 0.05) is 32.2 Å². The van der Waals surface area contributed by atoms with Crippen LogP contribution >= 0.6 is 0 Å². The summed E-state index contributed by atoms with van der Waals surface area (Å²) in [5.41, 5.74) is 1.38. The van der Waals surface area contributed by atoms with Crippen LogP contribution in [0.5, 0.6) is 0 Å². The molecule has 0 amide bonds. The first-order valence-electron chi connectivity index (χ1n) is 8.40. The van der Waals surface area contributed by atoms with Gasteiger partial charge in [0.15, 0.2) is 0 Å². The highest BCUT2D eigenvalue weighted by Crippen LogP contribution is 2.15. The van der Waals surface area contributed by atoms with Crippen molar-refractivity contribution in [1.29, 1.82) is 0 Å². The molecule has 1 aliphatic heterocycles. The molecule has 0 spiro atoms. The minimum atomic E-state index is -0.205. The van der Waals surface area contributed by atoms with Crippen molar-refractivity contribution in [1.82, 2.24) is 10.2 Å². The molecule has 3 nitrogen and oxygen atoms in total. The largest absolute Gasteiger partial charge is 0.392 e. The van der Waals surface area contributed by atoms with Gasteiger partial charge < -0.3 is 10.4 Å². The van der Waals surface area contributed by atoms with Crippen LogP contribution in [0.1, 0.15) is 38.7 Å². The van der Waals surface area contributed by atoms with E-state index in [0.717, 1.165) is 39.0 Å². The Labute approximate surface area is 129 Å². The van der Waals surface area contributed by atoms with E-state index in [-0.39, 0.29) is 6.10 Å². The van der Waals surface area contributed by atoms with Gasteiger partial charge in [0.2, 0.25) is 0 Å². The van der Waals surface area contributed by atoms with E-state index in [1.54, 1.807) is 0 Å². The van der Waals surface area contributed by atoms with Gasteiger partial charge in [-0.2, -0.15) is 0 Å². The number of rotatable bonds is 8. The Morgan fingerprint density at radius 2 is 1.95 bits per heavy atom. The minimum absolute atomic E-state index is 0.205. The van der Waals surface area contributed by atoms with Crippen molar-refractivity contribution in [3.05, 3.63) is 35.9 Å². The smallest absolute Gasteiger partial charge is 0.0692 e. The first-order valence-corrected chi connectivity index (χ1v) is 8.40. The van der Waals surface area contributed by atoms with Gasteiger partial charge in [-0.1, -0.05) is 57.0 Å². The highest BCUT2D eigenvalue weighted by molar-refractivity contribution is 5.14. The van der Waals surface area contributed by atoms with E-state index >= 15 is 0 Å². The highest BCUT2D eigenvalue weighted by atomic mass is 16.3. The van der Waals surface area contributed by atoms with Crippen molar-refractivity contribution in [2.75, 3.05) is 19.6 Å². The summed E-state index contributed by atoms with van der Waals surface area (Å²) in [6.07, 6.45) is 3.10. The maximum Gasteiger partial charge on any atom is 0.0692 e. The van der Waals surface area contributed by atoms with Crippen LogP contribution < -0.4 is 5.32 Å². The third-order valence-electron chi connectivity index (χ3n) is 4.73. The van der Waals surface area contributed by atoms with Gasteiger partial charge in [0.05, 0.1) is 6.10 Å². The van der Waals surface area contributed by atoms with Crippen molar-refractivity contribution >= 4 is 0 Å². The number of nitrogens with zero attached hydrogens (tertiary/aromatic N) is 1. The molecule has 0 saturated carbocycles. The molecule has 1 aliphatic rings. The van der Waals surface area contributed by atoms with E-state index in [9.17, 15) is 5.11 Å². The Hall–Kier alpha value is -0.900. The maximum atomic E-state index is 10.2. The van der Waals surface area contributed by atoms with Crippen LogP contribution in [0.15, 0.2) is 30.3 Å². The molecule has 118 valence electrons. The molecule has 1 heterocycles. The quantitative estimate of drug-likeness (QED) is 0.772. The zero-order chi connectivity index (χ0) is 15.1. The SMILES string of the molecule is CCC(CC)C(O)CNC1CCN(Cc2ccccc2)C1. The van der Waals surface area contributed by atoms with Gasteiger partial charge in [0.1, 0.15) is 0 Å². The summed E-state index contributed by atoms with van der Waals surface area (Å²) >= 11 is 0. The number of likely N-dealkylation sites (tertiary alicyclic amines) is 1. The molecule has 2 N–H and O–H groups in total. The van der Waals surface area contributed by atoms with Crippen LogP contribution in [-0.2, 0) is 6.54 Å². The minimum Gasteiger partial charge on any atom is -0.392 e. The number of hydrogen-bond donors (Lipinski definition) is 2. The highest BCUT2D eigenvalue weighted by Gasteiger charge is 2.23. The van der Waals surface area contributed by atoms with Gasteiger partial charge in [-0.15, -0.1) is 0 Å². The molecule has 1 fully saturated rings. The van der Waals surface area contributed by atoms with Crippen molar-refractivity contribution in [3.63, 3.8) is 0 Å². The van der Waals surface area contributed by atoms with E-state index < -0.39 is 0 Å². The molecule has 0 aromatic heterocycles. The topological polar surface area (TPSA) is 35.5 Å². The van der Waals surface area contributed by atoms with E-state index in [0.29, 0.717) is 12.0 Å². The molecule has 1 aromatic rings. The van der Waals surface area contributed by atoms with Gasteiger partial charge in [0.25, 0.3) is 0 Å². The fourth-order valence-corrected chi connectivity index (χ4v) is 3.27. The fourth-order valence-electron chi connectivity index (χ4n) is 3.27. The van der Waals surface area contributed by atoms with Gasteiger partial charge in [-0.3, -0.25) is 4.90 Å². The zero-order valence-corrected chi connectivity index (χ0v) is 13.5. The third-order valence-corrected chi connectivity index (χ3v) is 4.73. The molecule has 1 aromatic carbocycles. The summed E-state index contributed by atoms with van der Waals surface area (Å²) in [4.78, 5) is 2.50. The monoisotopic (exact) mass is 290 g/mol. The standard InChI is InChI=1S/C18H30N2O/c1-3-16(4-2)18(21)12-19-17-10-11-20(14-17)13-15-8-6-5-7-9-15/h5-9,16-19,21H,3-4,10-14H2,1-2H3. The van der Waals surface area contributed by atoms with Gasteiger partial charge >= 0.3 is 0 Å². The lowest BCUT2D eigenvalue weighted by Gasteiger charge is -2.23. The van der Waals surface area contributed by atoms with Crippen LogP contribution in [-0.4, -0.2) is 41.8 Å². The molecule has 21 heavy (non-hydrogen) atoms. The molecule has 1 saturated heterocycles. The molecular weight excluding hydrogens is 260 g/mol. The van der Waals surface area contributed by atoms with Crippen LogP contribution in [0.2, 0.25) is 0 Å². The predicted molar refractivity (Wildman–Crippen MR) is 88.2 cm³/mol. The number of aliphatic hydroxyl groups is 1. The number of benzene rings is 1. The van der Waals surface area contributed by atoms with Gasteiger partial charge in [-0.25, -0.2) is 0 Å². The summed E-state index contributed by atoms with van der Waals surface area (Å²) in [6.45, 7) is 8.32. The van der Waals surface area contributed by atoms with Crippen molar-refractivity contribution in [2.45, 2.75) is 51.8 Å². The molecular formula is C18H30N2O. The molecule has 3 heteroatoms. The molecule has 0 aliphatic carbocycles. The fraction of sp³-hybridized carbons (Fsp3) is 0.667. The Balaban J connectivity index is 1.70. The Morgan fingerprint density at radius 3 is 2.62 bits per heavy atom. The molecule has 2 atom stereocenters. The second kappa shape index (κ2) is 8.52. The third kappa shape index (κ3) is 5.10. The second-order valence-corrected chi connectivity index (χ2v) is 6.26. The summed E-state index contributed by atoms with van der Waals surface area (Å²) < 4.78 is 0. The maximum absolute atomic E-state index is 10.2. The Kier molecular flexibility index (Phi) is 6.68. The lowest BCUT2D eigenvalue weighted by molar-refractivity contribution is 0.0984. The molecule has 0 bridgehead atoms. The zero-order valence-electron chi connectivity index (χ0n) is 13.5. The molecule has 2 unspecified atom stereocenters. The first kappa shape index (κ1) is 16.5. The van der Waals surface area contributed by atoms with E-state index in [1.165, 1.54) is 12.0 Å². The summed E-state index contributed by atoms with van der Waals surface area (Å²) in [7, 11) is 0. The van der Waals surface area contributed by atoms with Crippen LogP contribution in [0.25, 0.3) is 0 Å². The number of aliphatic hydroxyl groups excluding tert-OH is 1. The van der Waals surface area contributed by atoms with Gasteiger partial charge in [-0.05, 0) is 17.9 Å². The number of nitrogens with one attached hydrogen (secondary N) is 1. The Morgan fingerprint density at radius 1 is 1.24 bits per heavy atom. The van der Waals surface area contributed by atoms with Crippen LogP contribution in [0.3, 0.4) is 0 Å². The van der Waals surface area contributed by atoms with Crippen molar-refractivity contribution in [3.8, 4) is 0 Å². The average molecular weight is 290 g/mol. The first-order chi connectivity index (χ1) is 10.2. The Bertz CT molecular complexity index is 391. The average Bonchev–Trinajstić information content (AvgIpc) is 2.95. The molecule has 2 rings (SSSR count). The number of hydrogen-bond acceptors (Lipinski definition) is 3. The van der Waals surface area contributed by atoms with Crippen molar-refractivity contribution in [2.24, 2.45) is 5.92 Å².